The minimum absolute atomic E-state index is 0.0691. The number of rotatable bonds is 4. The quantitative estimate of drug-likeness (QED) is 0.919. The summed E-state index contributed by atoms with van der Waals surface area (Å²) in [5.41, 5.74) is 0. The van der Waals surface area contributed by atoms with Gasteiger partial charge in [0.1, 0.15) is 5.76 Å². The molecule has 1 amide bonds. The van der Waals surface area contributed by atoms with E-state index in [4.69, 9.17) is 9.15 Å². The number of fused-ring (bicyclic) bond motifs is 1. The van der Waals surface area contributed by atoms with Crippen molar-refractivity contribution in [2.45, 2.75) is 51.4 Å². The molecule has 116 valence electrons. The van der Waals surface area contributed by atoms with Gasteiger partial charge in [0.15, 0.2) is 0 Å². The summed E-state index contributed by atoms with van der Waals surface area (Å²) in [5, 5.41) is 3.02. The summed E-state index contributed by atoms with van der Waals surface area (Å²) in [7, 11) is 0. The molecule has 0 unspecified atom stereocenters. The lowest BCUT2D eigenvalue weighted by molar-refractivity contribution is -0.125. The van der Waals surface area contributed by atoms with E-state index in [-0.39, 0.29) is 24.0 Å². The van der Waals surface area contributed by atoms with Crippen molar-refractivity contribution in [3.05, 3.63) is 24.2 Å². The van der Waals surface area contributed by atoms with Crippen LogP contribution < -0.4 is 5.32 Å². The van der Waals surface area contributed by atoms with Crippen molar-refractivity contribution >= 4 is 5.91 Å². The molecule has 2 heterocycles. The van der Waals surface area contributed by atoms with Crippen LogP contribution in [-0.2, 0) is 16.1 Å². The molecule has 0 bridgehead atoms. The summed E-state index contributed by atoms with van der Waals surface area (Å²) in [4.78, 5) is 14.6. The molecule has 1 aliphatic carbocycles. The first-order valence-electron chi connectivity index (χ1n) is 7.82. The smallest absolute Gasteiger partial charge is 0.223 e. The first-order valence-corrected chi connectivity index (χ1v) is 7.82. The Hall–Kier alpha value is -1.33. The number of carbonyl (C=O) groups is 1. The number of hydrogen-bond acceptors (Lipinski definition) is 4. The summed E-state index contributed by atoms with van der Waals surface area (Å²) >= 11 is 0. The molecule has 3 rings (SSSR count). The van der Waals surface area contributed by atoms with Gasteiger partial charge in [0, 0.05) is 24.5 Å². The summed E-state index contributed by atoms with van der Waals surface area (Å²) < 4.78 is 11.3. The molecule has 2 aliphatic rings. The van der Waals surface area contributed by atoms with Crippen molar-refractivity contribution in [3.8, 4) is 0 Å². The SMILES string of the molecule is CC(C)NC(=O)[C@H]1C[C@@H]2[C@@H](C1)OCCN2Cc1ccco1. The van der Waals surface area contributed by atoms with Gasteiger partial charge >= 0.3 is 0 Å². The van der Waals surface area contributed by atoms with E-state index < -0.39 is 0 Å². The average molecular weight is 292 g/mol. The standard InChI is InChI=1S/C16H24N2O3/c1-11(2)17-16(19)12-8-14-15(9-12)21-7-5-18(14)10-13-4-3-6-20-13/h3-4,6,11-12,14-15H,5,7-10H2,1-2H3,(H,17,19)/t12-,14+,15+/m0/s1. The van der Waals surface area contributed by atoms with Crippen molar-refractivity contribution in [3.63, 3.8) is 0 Å². The molecule has 1 saturated heterocycles. The van der Waals surface area contributed by atoms with Crippen LogP contribution in [0.4, 0.5) is 0 Å². The first-order chi connectivity index (χ1) is 10.1. The topological polar surface area (TPSA) is 54.7 Å². The number of amides is 1. The van der Waals surface area contributed by atoms with E-state index in [0.29, 0.717) is 6.04 Å². The van der Waals surface area contributed by atoms with Gasteiger partial charge in [0.2, 0.25) is 5.91 Å². The van der Waals surface area contributed by atoms with Gasteiger partial charge in [-0.15, -0.1) is 0 Å². The van der Waals surface area contributed by atoms with Crippen LogP contribution in [-0.4, -0.2) is 42.1 Å². The monoisotopic (exact) mass is 292 g/mol. The Morgan fingerprint density at radius 2 is 2.33 bits per heavy atom. The molecule has 1 saturated carbocycles. The van der Waals surface area contributed by atoms with E-state index in [1.54, 1.807) is 6.26 Å². The van der Waals surface area contributed by atoms with Crippen LogP contribution in [0.2, 0.25) is 0 Å². The van der Waals surface area contributed by atoms with Crippen molar-refractivity contribution < 1.29 is 13.9 Å². The summed E-state index contributed by atoms with van der Waals surface area (Å²) in [6.45, 7) is 6.44. The molecule has 0 spiro atoms. The van der Waals surface area contributed by atoms with Crippen molar-refractivity contribution in [2.24, 2.45) is 5.92 Å². The molecular formula is C16H24N2O3. The number of ether oxygens (including phenoxy) is 1. The number of hydrogen-bond donors (Lipinski definition) is 1. The zero-order valence-electron chi connectivity index (χ0n) is 12.7. The summed E-state index contributed by atoms with van der Waals surface area (Å²) in [6, 6.07) is 4.44. The van der Waals surface area contributed by atoms with Crippen LogP contribution >= 0.6 is 0 Å². The predicted octanol–water partition coefficient (Wildman–Crippen LogP) is 1.78. The maximum absolute atomic E-state index is 12.2. The van der Waals surface area contributed by atoms with Crippen molar-refractivity contribution in [1.82, 2.24) is 10.2 Å². The highest BCUT2D eigenvalue weighted by Crippen LogP contribution is 2.35. The lowest BCUT2D eigenvalue weighted by atomic mass is 10.1. The first kappa shape index (κ1) is 14.6. The van der Waals surface area contributed by atoms with Gasteiger partial charge in [-0.1, -0.05) is 0 Å². The number of furan rings is 1. The lowest BCUT2D eigenvalue weighted by Gasteiger charge is -2.37. The van der Waals surface area contributed by atoms with Crippen LogP contribution in [0, 0.1) is 5.92 Å². The van der Waals surface area contributed by atoms with Gasteiger partial charge in [-0.2, -0.15) is 0 Å². The van der Waals surface area contributed by atoms with Gasteiger partial charge < -0.3 is 14.5 Å². The molecule has 0 aromatic carbocycles. The Labute approximate surface area is 125 Å². The zero-order valence-corrected chi connectivity index (χ0v) is 12.7. The molecule has 1 aromatic rings. The normalized spacial score (nSPS) is 29.6. The van der Waals surface area contributed by atoms with E-state index in [2.05, 4.69) is 10.2 Å². The second kappa shape index (κ2) is 6.20. The maximum Gasteiger partial charge on any atom is 0.223 e. The fourth-order valence-corrected chi connectivity index (χ4v) is 3.44. The van der Waals surface area contributed by atoms with Gasteiger partial charge in [-0.3, -0.25) is 9.69 Å². The highest BCUT2D eigenvalue weighted by molar-refractivity contribution is 5.79. The molecule has 1 aromatic heterocycles. The minimum atomic E-state index is 0.0691. The molecule has 0 radical (unpaired) electrons. The highest BCUT2D eigenvalue weighted by atomic mass is 16.5. The highest BCUT2D eigenvalue weighted by Gasteiger charge is 2.43. The van der Waals surface area contributed by atoms with Gasteiger partial charge in [0.05, 0.1) is 25.5 Å². The van der Waals surface area contributed by atoms with E-state index in [1.807, 2.05) is 26.0 Å². The molecule has 1 aliphatic heterocycles. The van der Waals surface area contributed by atoms with Gasteiger partial charge in [-0.05, 0) is 38.8 Å². The number of carbonyl (C=O) groups excluding carboxylic acids is 1. The molecule has 3 atom stereocenters. The molecule has 1 N–H and O–H groups in total. The fraction of sp³-hybridized carbons (Fsp3) is 0.688. The Balaban J connectivity index is 1.63. The Bertz CT molecular complexity index is 472. The third-order valence-corrected chi connectivity index (χ3v) is 4.39. The zero-order chi connectivity index (χ0) is 14.8. The molecular weight excluding hydrogens is 268 g/mol. The molecule has 2 fully saturated rings. The molecule has 5 nitrogen and oxygen atoms in total. The molecule has 21 heavy (non-hydrogen) atoms. The van der Waals surface area contributed by atoms with E-state index in [0.717, 1.165) is 38.3 Å². The third-order valence-electron chi connectivity index (χ3n) is 4.39. The molecule has 5 heteroatoms. The van der Waals surface area contributed by atoms with Crippen molar-refractivity contribution in [2.75, 3.05) is 13.2 Å². The maximum atomic E-state index is 12.2. The largest absolute Gasteiger partial charge is 0.468 e. The van der Waals surface area contributed by atoms with Gasteiger partial charge in [-0.25, -0.2) is 0 Å². The number of nitrogens with zero attached hydrogens (tertiary/aromatic N) is 1. The lowest BCUT2D eigenvalue weighted by Crippen LogP contribution is -2.47. The van der Waals surface area contributed by atoms with Crippen LogP contribution in [0.1, 0.15) is 32.4 Å². The Kier molecular flexibility index (Phi) is 4.31. The van der Waals surface area contributed by atoms with Gasteiger partial charge in [0.25, 0.3) is 0 Å². The fourth-order valence-electron chi connectivity index (χ4n) is 3.44. The van der Waals surface area contributed by atoms with Crippen LogP contribution in [0.25, 0.3) is 0 Å². The second-order valence-corrected chi connectivity index (χ2v) is 6.36. The van der Waals surface area contributed by atoms with Crippen LogP contribution in [0.5, 0.6) is 0 Å². The van der Waals surface area contributed by atoms with Crippen LogP contribution in [0.15, 0.2) is 22.8 Å². The number of nitrogens with one attached hydrogen (secondary N) is 1. The summed E-state index contributed by atoms with van der Waals surface area (Å²) in [5.74, 6) is 1.21. The van der Waals surface area contributed by atoms with E-state index in [9.17, 15) is 4.79 Å². The van der Waals surface area contributed by atoms with E-state index >= 15 is 0 Å². The average Bonchev–Trinajstić information content (AvgIpc) is 3.06. The van der Waals surface area contributed by atoms with Crippen molar-refractivity contribution in [1.29, 1.82) is 0 Å². The number of morpholine rings is 1. The second-order valence-electron chi connectivity index (χ2n) is 6.36. The van der Waals surface area contributed by atoms with Crippen LogP contribution in [0.3, 0.4) is 0 Å². The third kappa shape index (κ3) is 3.30. The summed E-state index contributed by atoms with van der Waals surface area (Å²) in [6.07, 6.45) is 3.60. The predicted molar refractivity (Wildman–Crippen MR) is 78.6 cm³/mol. The Morgan fingerprint density at radius 1 is 1.48 bits per heavy atom. The Morgan fingerprint density at radius 3 is 3.05 bits per heavy atom. The van der Waals surface area contributed by atoms with E-state index in [1.165, 1.54) is 0 Å². The minimum Gasteiger partial charge on any atom is -0.468 e.